The number of hydrogen-bond donors (Lipinski definition) is 0. The van der Waals surface area contributed by atoms with Crippen molar-refractivity contribution in [2.75, 3.05) is 4.90 Å². The molecule has 2 fully saturated rings. The van der Waals surface area contributed by atoms with Gasteiger partial charge in [-0.05, 0) is 31.2 Å². The number of imide groups is 1. The Bertz CT molecular complexity index is 1430. The summed E-state index contributed by atoms with van der Waals surface area (Å²) in [7, 11) is 0. The standard InChI is InChI=1S/C27H17Cl2NO5/c1-13-6-9-15(10-7-13)30-25(33)20-21(26(30)34)27(23(31)16-4-2-3-5-17(16)24(27)32)35-22(20)18-11-8-14(28)12-19(18)29/h2-12,20-22H,1H3/t20-,21+,22-/m0/s1. The van der Waals surface area contributed by atoms with Crippen molar-refractivity contribution in [2.24, 2.45) is 11.8 Å². The van der Waals surface area contributed by atoms with Crippen molar-refractivity contribution in [2.45, 2.75) is 18.6 Å². The number of ether oxygens (including phenoxy) is 1. The van der Waals surface area contributed by atoms with Gasteiger partial charge in [0.25, 0.3) is 0 Å². The smallest absolute Gasteiger partial charge is 0.241 e. The van der Waals surface area contributed by atoms with Crippen LogP contribution in [0.5, 0.6) is 0 Å². The van der Waals surface area contributed by atoms with E-state index in [1.54, 1.807) is 48.5 Å². The number of rotatable bonds is 2. The molecule has 0 radical (unpaired) electrons. The Morgan fingerprint density at radius 2 is 1.46 bits per heavy atom. The number of aryl methyl sites for hydroxylation is 1. The molecule has 35 heavy (non-hydrogen) atoms. The number of carbonyl (C=O) groups excluding carboxylic acids is 4. The van der Waals surface area contributed by atoms with Gasteiger partial charge in [0.15, 0.2) is 0 Å². The molecule has 3 aromatic carbocycles. The van der Waals surface area contributed by atoms with E-state index in [0.29, 0.717) is 16.3 Å². The van der Waals surface area contributed by atoms with Gasteiger partial charge in [-0.3, -0.25) is 19.2 Å². The van der Waals surface area contributed by atoms with E-state index in [1.807, 2.05) is 6.92 Å². The molecule has 6 nitrogen and oxygen atoms in total. The zero-order valence-electron chi connectivity index (χ0n) is 18.3. The highest BCUT2D eigenvalue weighted by atomic mass is 35.5. The molecule has 1 aliphatic carbocycles. The quantitative estimate of drug-likeness (QED) is 0.361. The van der Waals surface area contributed by atoms with E-state index in [0.717, 1.165) is 10.5 Å². The van der Waals surface area contributed by atoms with Crippen molar-refractivity contribution < 1.29 is 23.9 Å². The zero-order chi connectivity index (χ0) is 24.6. The lowest BCUT2D eigenvalue weighted by Gasteiger charge is -2.27. The summed E-state index contributed by atoms with van der Waals surface area (Å²) < 4.78 is 6.24. The van der Waals surface area contributed by atoms with Gasteiger partial charge in [0.1, 0.15) is 0 Å². The SMILES string of the molecule is Cc1ccc(N2C(=O)[C@@H]3[C@H](c4ccc(Cl)cc4Cl)OC4(C(=O)c5ccccc5C4=O)[C@H]3C2=O)cc1. The molecule has 0 unspecified atom stereocenters. The Hall–Kier alpha value is -3.32. The first-order chi connectivity index (χ1) is 16.8. The fourth-order valence-electron chi connectivity index (χ4n) is 5.48. The molecule has 0 N–H and O–H groups in total. The molecule has 2 saturated heterocycles. The van der Waals surface area contributed by atoms with Gasteiger partial charge in [-0.25, -0.2) is 4.90 Å². The number of benzene rings is 3. The van der Waals surface area contributed by atoms with Crippen molar-refractivity contribution in [3.05, 3.63) is 99.0 Å². The van der Waals surface area contributed by atoms with Crippen LogP contribution in [0.4, 0.5) is 5.69 Å². The molecule has 3 aliphatic rings. The molecule has 3 atom stereocenters. The minimum absolute atomic E-state index is 0.174. The number of carbonyl (C=O) groups is 4. The molecule has 0 bridgehead atoms. The first-order valence-electron chi connectivity index (χ1n) is 11.0. The Morgan fingerprint density at radius 1 is 0.829 bits per heavy atom. The van der Waals surface area contributed by atoms with E-state index in [-0.39, 0.29) is 16.1 Å². The van der Waals surface area contributed by atoms with E-state index in [9.17, 15) is 19.2 Å². The summed E-state index contributed by atoms with van der Waals surface area (Å²) >= 11 is 12.5. The van der Waals surface area contributed by atoms with Crippen molar-refractivity contribution in [1.29, 1.82) is 0 Å². The Labute approximate surface area is 210 Å². The van der Waals surface area contributed by atoms with Gasteiger partial charge in [0.05, 0.1) is 23.6 Å². The number of nitrogens with zero attached hydrogens (tertiary/aromatic N) is 1. The monoisotopic (exact) mass is 505 g/mol. The highest BCUT2D eigenvalue weighted by molar-refractivity contribution is 6.37. The molecule has 2 amide bonds. The van der Waals surface area contributed by atoms with Crippen molar-refractivity contribution in [1.82, 2.24) is 0 Å². The summed E-state index contributed by atoms with van der Waals surface area (Å²) in [5.74, 6) is -4.88. The van der Waals surface area contributed by atoms with Crippen LogP contribution in [0.2, 0.25) is 10.0 Å². The molecule has 8 heteroatoms. The molecule has 0 aromatic heterocycles. The zero-order valence-corrected chi connectivity index (χ0v) is 19.8. The van der Waals surface area contributed by atoms with Crippen molar-refractivity contribution in [3.8, 4) is 0 Å². The van der Waals surface area contributed by atoms with E-state index >= 15 is 0 Å². The number of Topliss-reactive ketones (excluding diaryl/α,β-unsaturated/α-hetero) is 2. The van der Waals surface area contributed by atoms with Gasteiger partial charge in [-0.1, -0.05) is 71.2 Å². The number of halogens is 2. The lowest BCUT2D eigenvalue weighted by Crippen LogP contribution is -2.51. The van der Waals surface area contributed by atoms with Crippen LogP contribution in [0.1, 0.15) is 37.9 Å². The maximum atomic E-state index is 13.9. The Morgan fingerprint density at radius 3 is 2.06 bits per heavy atom. The van der Waals surface area contributed by atoms with Crippen LogP contribution >= 0.6 is 23.2 Å². The summed E-state index contributed by atoms with van der Waals surface area (Å²) in [4.78, 5) is 56.2. The number of anilines is 1. The van der Waals surface area contributed by atoms with Crippen LogP contribution in [0.25, 0.3) is 0 Å². The third kappa shape index (κ3) is 2.88. The Kier molecular flexibility index (Phi) is 4.81. The molecule has 0 saturated carbocycles. The van der Waals surface area contributed by atoms with E-state index in [1.165, 1.54) is 18.2 Å². The predicted octanol–water partition coefficient (Wildman–Crippen LogP) is 5.00. The predicted molar refractivity (Wildman–Crippen MR) is 129 cm³/mol. The molecule has 6 rings (SSSR count). The minimum Gasteiger partial charge on any atom is -0.349 e. The van der Waals surface area contributed by atoms with Gasteiger partial charge in [0.2, 0.25) is 29.0 Å². The Balaban J connectivity index is 1.56. The summed E-state index contributed by atoms with van der Waals surface area (Å²) in [5.41, 5.74) is -0.0942. The molecule has 2 heterocycles. The van der Waals surface area contributed by atoms with E-state index in [4.69, 9.17) is 27.9 Å². The molecular weight excluding hydrogens is 489 g/mol. The third-order valence-electron chi connectivity index (χ3n) is 7.08. The third-order valence-corrected chi connectivity index (χ3v) is 7.64. The highest BCUT2D eigenvalue weighted by Gasteiger charge is 2.74. The van der Waals surface area contributed by atoms with Crippen LogP contribution in [0, 0.1) is 18.8 Å². The molecule has 2 aliphatic heterocycles. The topological polar surface area (TPSA) is 80.8 Å². The van der Waals surface area contributed by atoms with E-state index < -0.39 is 46.9 Å². The molecular formula is C27H17Cl2NO5. The van der Waals surface area contributed by atoms with Crippen molar-refractivity contribution >= 4 is 52.3 Å². The fraction of sp³-hybridized carbons (Fsp3) is 0.185. The molecule has 1 spiro atoms. The van der Waals surface area contributed by atoms with Gasteiger partial charge in [0, 0.05) is 26.7 Å². The van der Waals surface area contributed by atoms with Gasteiger partial charge in [-0.15, -0.1) is 0 Å². The summed E-state index contributed by atoms with van der Waals surface area (Å²) in [6.07, 6.45) is -1.10. The molecule has 174 valence electrons. The number of hydrogen-bond acceptors (Lipinski definition) is 5. The van der Waals surface area contributed by atoms with E-state index in [2.05, 4.69) is 0 Å². The normalized spacial score (nSPS) is 24.4. The average Bonchev–Trinajstić information content (AvgIpc) is 3.40. The van der Waals surface area contributed by atoms with Gasteiger partial charge >= 0.3 is 0 Å². The largest absolute Gasteiger partial charge is 0.349 e. The van der Waals surface area contributed by atoms with Crippen molar-refractivity contribution in [3.63, 3.8) is 0 Å². The number of ketones is 2. The lowest BCUT2D eigenvalue weighted by molar-refractivity contribution is -0.127. The first kappa shape index (κ1) is 22.2. The lowest BCUT2D eigenvalue weighted by atomic mass is 9.77. The number of amides is 2. The second-order valence-corrected chi connectivity index (χ2v) is 9.84. The fourth-order valence-corrected chi connectivity index (χ4v) is 6.00. The summed E-state index contributed by atoms with van der Waals surface area (Å²) in [5, 5.41) is 0.585. The maximum absolute atomic E-state index is 13.9. The summed E-state index contributed by atoms with van der Waals surface area (Å²) in [6.45, 7) is 1.89. The first-order valence-corrected chi connectivity index (χ1v) is 11.8. The van der Waals surface area contributed by atoms with Crippen LogP contribution in [-0.2, 0) is 14.3 Å². The minimum atomic E-state index is -2.14. The van der Waals surface area contributed by atoms with Gasteiger partial charge in [-0.2, -0.15) is 0 Å². The van der Waals surface area contributed by atoms with Crippen LogP contribution in [0.3, 0.4) is 0 Å². The van der Waals surface area contributed by atoms with Gasteiger partial charge < -0.3 is 4.74 Å². The van der Waals surface area contributed by atoms with Crippen LogP contribution < -0.4 is 4.90 Å². The number of fused-ring (bicyclic) bond motifs is 3. The summed E-state index contributed by atoms with van der Waals surface area (Å²) in [6, 6.07) is 17.9. The average molecular weight is 506 g/mol. The van der Waals surface area contributed by atoms with Crippen LogP contribution in [-0.4, -0.2) is 29.0 Å². The van der Waals surface area contributed by atoms with Crippen LogP contribution in [0.15, 0.2) is 66.7 Å². The second-order valence-electron chi connectivity index (χ2n) is 8.99. The highest BCUT2D eigenvalue weighted by Crippen LogP contribution is 2.58. The molecule has 3 aromatic rings. The second kappa shape index (κ2) is 7.59. The maximum Gasteiger partial charge on any atom is 0.241 e.